The second-order valence-electron chi connectivity index (χ2n) is 4.73. The standard InChI is InChI=1S/C15H26O/c1-5-15(10-6-8-13(2)3)11-7-9-14(4)12-16/h8,11-12,14H,5-7,9-10H2,1-4H3/b15-11-. The van der Waals surface area contributed by atoms with Crippen LogP contribution in [0.15, 0.2) is 23.3 Å². The van der Waals surface area contributed by atoms with E-state index in [1.54, 1.807) is 0 Å². The second kappa shape index (κ2) is 9.38. The molecule has 0 radical (unpaired) electrons. The third kappa shape index (κ3) is 8.46. The van der Waals surface area contributed by atoms with Gasteiger partial charge < -0.3 is 4.79 Å². The molecule has 0 saturated heterocycles. The first-order valence-electron chi connectivity index (χ1n) is 6.36. The van der Waals surface area contributed by atoms with Gasteiger partial charge in [0.05, 0.1) is 0 Å². The molecule has 92 valence electrons. The fourth-order valence-corrected chi connectivity index (χ4v) is 1.59. The summed E-state index contributed by atoms with van der Waals surface area (Å²) in [5.41, 5.74) is 2.92. The monoisotopic (exact) mass is 222 g/mol. The predicted molar refractivity (Wildman–Crippen MR) is 71.5 cm³/mol. The van der Waals surface area contributed by atoms with E-state index in [0.717, 1.165) is 38.4 Å². The Labute approximate surface area is 101 Å². The number of carbonyl (C=O) groups is 1. The maximum Gasteiger partial charge on any atom is 0.122 e. The summed E-state index contributed by atoms with van der Waals surface area (Å²) in [6.07, 6.45) is 11.1. The van der Waals surface area contributed by atoms with Crippen molar-refractivity contribution in [2.45, 2.75) is 59.8 Å². The Kier molecular flexibility index (Phi) is 8.88. The SMILES string of the molecule is CC/C(=C/CCC(C)C=O)CCC=C(C)C. The Hall–Kier alpha value is -0.850. The molecule has 0 heterocycles. The van der Waals surface area contributed by atoms with Crippen molar-refractivity contribution in [2.75, 3.05) is 0 Å². The quantitative estimate of drug-likeness (QED) is 0.430. The van der Waals surface area contributed by atoms with Crippen LogP contribution in [-0.4, -0.2) is 6.29 Å². The van der Waals surface area contributed by atoms with E-state index < -0.39 is 0 Å². The van der Waals surface area contributed by atoms with Gasteiger partial charge in [-0.2, -0.15) is 0 Å². The Balaban J connectivity index is 3.92. The fourth-order valence-electron chi connectivity index (χ4n) is 1.59. The number of rotatable bonds is 8. The predicted octanol–water partition coefficient (Wildman–Crippen LogP) is 4.68. The maximum absolute atomic E-state index is 10.5. The van der Waals surface area contributed by atoms with Gasteiger partial charge in [-0.15, -0.1) is 0 Å². The fraction of sp³-hybridized carbons (Fsp3) is 0.667. The lowest BCUT2D eigenvalue weighted by Crippen LogP contribution is -1.94. The minimum absolute atomic E-state index is 0.201. The molecule has 1 atom stereocenters. The van der Waals surface area contributed by atoms with Crippen LogP contribution in [0.2, 0.25) is 0 Å². The van der Waals surface area contributed by atoms with Gasteiger partial charge in [-0.1, -0.05) is 37.1 Å². The summed E-state index contributed by atoms with van der Waals surface area (Å²) < 4.78 is 0. The first-order valence-corrected chi connectivity index (χ1v) is 6.36. The molecule has 1 nitrogen and oxygen atoms in total. The number of allylic oxidation sites excluding steroid dienone is 4. The smallest absolute Gasteiger partial charge is 0.122 e. The number of aldehydes is 1. The van der Waals surface area contributed by atoms with Crippen molar-refractivity contribution in [3.05, 3.63) is 23.3 Å². The van der Waals surface area contributed by atoms with Gasteiger partial charge in [-0.3, -0.25) is 0 Å². The van der Waals surface area contributed by atoms with Crippen LogP contribution < -0.4 is 0 Å². The van der Waals surface area contributed by atoms with E-state index >= 15 is 0 Å². The van der Waals surface area contributed by atoms with Gasteiger partial charge in [0.1, 0.15) is 6.29 Å². The first-order chi connectivity index (χ1) is 7.60. The van der Waals surface area contributed by atoms with Crippen LogP contribution in [0.4, 0.5) is 0 Å². The molecule has 0 saturated carbocycles. The second-order valence-corrected chi connectivity index (χ2v) is 4.73. The number of hydrogen-bond acceptors (Lipinski definition) is 1. The van der Waals surface area contributed by atoms with E-state index in [2.05, 4.69) is 32.9 Å². The van der Waals surface area contributed by atoms with E-state index in [1.165, 1.54) is 11.1 Å². The topological polar surface area (TPSA) is 17.1 Å². The normalized spacial score (nSPS) is 13.4. The summed E-state index contributed by atoms with van der Waals surface area (Å²) in [5, 5.41) is 0. The molecular weight excluding hydrogens is 196 g/mol. The van der Waals surface area contributed by atoms with Crippen LogP contribution in [0, 0.1) is 5.92 Å². The summed E-state index contributed by atoms with van der Waals surface area (Å²) in [6, 6.07) is 0. The summed E-state index contributed by atoms with van der Waals surface area (Å²) in [7, 11) is 0. The molecule has 0 aliphatic carbocycles. The average molecular weight is 222 g/mol. The van der Waals surface area contributed by atoms with Gasteiger partial charge in [0.2, 0.25) is 0 Å². The summed E-state index contributed by atoms with van der Waals surface area (Å²) in [6.45, 7) is 8.47. The van der Waals surface area contributed by atoms with Gasteiger partial charge in [0.15, 0.2) is 0 Å². The highest BCUT2D eigenvalue weighted by atomic mass is 16.1. The lowest BCUT2D eigenvalue weighted by atomic mass is 10.0. The third-order valence-electron chi connectivity index (χ3n) is 2.76. The lowest BCUT2D eigenvalue weighted by molar-refractivity contribution is -0.110. The van der Waals surface area contributed by atoms with Crippen LogP contribution in [-0.2, 0) is 4.79 Å². The molecule has 1 unspecified atom stereocenters. The van der Waals surface area contributed by atoms with Crippen molar-refractivity contribution in [1.29, 1.82) is 0 Å². The lowest BCUT2D eigenvalue weighted by Gasteiger charge is -2.04. The van der Waals surface area contributed by atoms with Gasteiger partial charge >= 0.3 is 0 Å². The van der Waals surface area contributed by atoms with Crippen LogP contribution >= 0.6 is 0 Å². The van der Waals surface area contributed by atoms with E-state index in [4.69, 9.17) is 0 Å². The molecule has 0 rings (SSSR count). The Morgan fingerprint density at radius 1 is 1.19 bits per heavy atom. The highest BCUT2D eigenvalue weighted by Gasteiger charge is 1.98. The van der Waals surface area contributed by atoms with Crippen molar-refractivity contribution in [1.82, 2.24) is 0 Å². The van der Waals surface area contributed by atoms with Crippen molar-refractivity contribution in [3.63, 3.8) is 0 Å². The van der Waals surface area contributed by atoms with Gasteiger partial charge in [-0.05, 0) is 46.0 Å². The van der Waals surface area contributed by atoms with Gasteiger partial charge in [-0.25, -0.2) is 0 Å². The minimum Gasteiger partial charge on any atom is -0.303 e. The summed E-state index contributed by atoms with van der Waals surface area (Å²) in [5.74, 6) is 0.201. The Morgan fingerprint density at radius 2 is 1.88 bits per heavy atom. The van der Waals surface area contributed by atoms with Crippen molar-refractivity contribution >= 4 is 6.29 Å². The molecule has 0 spiro atoms. The average Bonchev–Trinajstić information content (AvgIpc) is 2.26. The highest BCUT2D eigenvalue weighted by molar-refractivity contribution is 5.52. The Morgan fingerprint density at radius 3 is 2.38 bits per heavy atom. The van der Waals surface area contributed by atoms with E-state index in [9.17, 15) is 4.79 Å². The molecule has 1 heteroatoms. The zero-order chi connectivity index (χ0) is 12.4. The van der Waals surface area contributed by atoms with Gasteiger partial charge in [0, 0.05) is 5.92 Å². The number of carbonyl (C=O) groups excluding carboxylic acids is 1. The molecule has 0 amide bonds. The first kappa shape index (κ1) is 15.2. The van der Waals surface area contributed by atoms with Crippen LogP contribution in [0.3, 0.4) is 0 Å². The molecule has 0 aliphatic heterocycles. The molecule has 0 fully saturated rings. The third-order valence-corrected chi connectivity index (χ3v) is 2.76. The molecule has 16 heavy (non-hydrogen) atoms. The van der Waals surface area contributed by atoms with E-state index in [-0.39, 0.29) is 5.92 Å². The minimum atomic E-state index is 0.201. The van der Waals surface area contributed by atoms with Crippen LogP contribution in [0.1, 0.15) is 59.8 Å². The zero-order valence-corrected chi connectivity index (χ0v) is 11.3. The van der Waals surface area contributed by atoms with Crippen LogP contribution in [0.25, 0.3) is 0 Å². The molecule has 0 aromatic rings. The molecule has 0 N–H and O–H groups in total. The van der Waals surface area contributed by atoms with E-state index in [1.807, 2.05) is 6.92 Å². The summed E-state index contributed by atoms with van der Waals surface area (Å²) in [4.78, 5) is 10.5. The van der Waals surface area contributed by atoms with Crippen molar-refractivity contribution in [2.24, 2.45) is 5.92 Å². The Bertz CT molecular complexity index is 244. The highest BCUT2D eigenvalue weighted by Crippen LogP contribution is 2.14. The number of hydrogen-bond donors (Lipinski definition) is 0. The largest absolute Gasteiger partial charge is 0.303 e. The van der Waals surface area contributed by atoms with Crippen LogP contribution in [0.5, 0.6) is 0 Å². The molecule has 0 aromatic heterocycles. The molecule has 0 bridgehead atoms. The summed E-state index contributed by atoms with van der Waals surface area (Å²) >= 11 is 0. The maximum atomic E-state index is 10.5. The van der Waals surface area contributed by atoms with E-state index in [0.29, 0.717) is 0 Å². The molecule has 0 aromatic carbocycles. The van der Waals surface area contributed by atoms with Crippen molar-refractivity contribution in [3.8, 4) is 0 Å². The molecule has 0 aliphatic rings. The van der Waals surface area contributed by atoms with Gasteiger partial charge in [0.25, 0.3) is 0 Å². The van der Waals surface area contributed by atoms with Crippen molar-refractivity contribution < 1.29 is 4.79 Å². The molecular formula is C15H26O. The zero-order valence-electron chi connectivity index (χ0n) is 11.3.